The van der Waals surface area contributed by atoms with E-state index in [-0.39, 0.29) is 18.4 Å². The fourth-order valence-electron chi connectivity index (χ4n) is 2.51. The van der Waals surface area contributed by atoms with Crippen molar-refractivity contribution >= 4 is 34.8 Å². The Labute approximate surface area is 160 Å². The fraction of sp³-hybridized carbons (Fsp3) is 0.105. The Balaban J connectivity index is 1.49. The van der Waals surface area contributed by atoms with Crippen molar-refractivity contribution < 1.29 is 14.3 Å². The van der Waals surface area contributed by atoms with Crippen LogP contribution in [0, 0.1) is 6.92 Å². The van der Waals surface area contributed by atoms with E-state index in [1.807, 2.05) is 19.1 Å². The Hall–Kier alpha value is -3.32. The summed E-state index contributed by atoms with van der Waals surface area (Å²) in [4.78, 5) is 20.9. The topological polar surface area (TPSA) is 85.4 Å². The van der Waals surface area contributed by atoms with E-state index in [0.29, 0.717) is 28.2 Å². The quantitative estimate of drug-likeness (QED) is 0.704. The van der Waals surface area contributed by atoms with Crippen molar-refractivity contribution in [3.05, 3.63) is 64.9 Å². The average molecular weight is 383 g/mol. The van der Waals surface area contributed by atoms with E-state index in [9.17, 15) is 4.79 Å². The molecule has 2 N–H and O–H groups in total. The summed E-state index contributed by atoms with van der Waals surface area (Å²) >= 11 is 6.13. The molecule has 136 valence electrons. The minimum atomic E-state index is -0.360. The summed E-state index contributed by atoms with van der Waals surface area (Å²) < 4.78 is 10.6. The highest BCUT2D eigenvalue weighted by atomic mass is 35.5. The zero-order chi connectivity index (χ0) is 18.8. The molecule has 0 spiro atoms. The van der Waals surface area contributed by atoms with Crippen molar-refractivity contribution in [3.8, 4) is 11.5 Å². The molecule has 1 aliphatic rings. The highest BCUT2D eigenvalue weighted by Gasteiger charge is 2.15. The molecule has 1 amide bonds. The second kappa shape index (κ2) is 7.13. The summed E-state index contributed by atoms with van der Waals surface area (Å²) in [6.45, 7) is 2.10. The van der Waals surface area contributed by atoms with Crippen molar-refractivity contribution in [2.75, 3.05) is 17.4 Å². The largest absolute Gasteiger partial charge is 0.454 e. The third kappa shape index (κ3) is 3.78. The molecule has 0 bridgehead atoms. The van der Waals surface area contributed by atoms with Crippen molar-refractivity contribution in [2.24, 2.45) is 0 Å². The maximum Gasteiger partial charge on any atom is 0.274 e. The molecule has 0 aliphatic carbocycles. The Morgan fingerprint density at radius 2 is 1.89 bits per heavy atom. The lowest BCUT2D eigenvalue weighted by molar-refractivity contribution is 0.102. The van der Waals surface area contributed by atoms with Crippen LogP contribution >= 0.6 is 11.6 Å². The summed E-state index contributed by atoms with van der Waals surface area (Å²) in [5.41, 5.74) is 2.52. The molecule has 7 nitrogen and oxygen atoms in total. The van der Waals surface area contributed by atoms with E-state index >= 15 is 0 Å². The van der Waals surface area contributed by atoms with Gasteiger partial charge in [-0.1, -0.05) is 17.7 Å². The second-order valence-electron chi connectivity index (χ2n) is 5.88. The van der Waals surface area contributed by atoms with Gasteiger partial charge < -0.3 is 20.1 Å². The maximum absolute atomic E-state index is 12.5. The van der Waals surface area contributed by atoms with Crippen molar-refractivity contribution in [1.82, 2.24) is 9.97 Å². The summed E-state index contributed by atoms with van der Waals surface area (Å²) in [7, 11) is 0. The number of hydrogen-bond acceptors (Lipinski definition) is 6. The van der Waals surface area contributed by atoms with Gasteiger partial charge in [0.1, 0.15) is 5.69 Å². The van der Waals surface area contributed by atoms with Gasteiger partial charge >= 0.3 is 0 Å². The first-order valence-electron chi connectivity index (χ1n) is 8.16. The number of aryl methyl sites for hydroxylation is 1. The molecule has 1 aromatic heterocycles. The summed E-state index contributed by atoms with van der Waals surface area (Å²) in [5, 5.41) is 6.46. The predicted molar refractivity (Wildman–Crippen MR) is 102 cm³/mol. The maximum atomic E-state index is 12.5. The second-order valence-corrected chi connectivity index (χ2v) is 6.28. The minimum Gasteiger partial charge on any atom is -0.454 e. The number of benzene rings is 2. The van der Waals surface area contributed by atoms with E-state index in [1.165, 1.54) is 12.3 Å². The SMILES string of the molecule is Cc1ccc(Nc2nccc(C(=O)Nc3ccc4c(c3)OCO4)n2)cc1Cl. The average Bonchev–Trinajstić information content (AvgIpc) is 3.13. The standard InChI is InChI=1S/C19H15ClN4O3/c1-11-2-3-12(8-14(11)20)23-19-21-7-6-15(24-19)18(25)22-13-4-5-16-17(9-13)27-10-26-16/h2-9H,10H2,1H3,(H,22,25)(H,21,23,24). The van der Waals surface area contributed by atoms with Gasteiger partial charge in [0.2, 0.25) is 12.7 Å². The molecule has 4 rings (SSSR count). The lowest BCUT2D eigenvalue weighted by Crippen LogP contribution is -2.14. The Kier molecular flexibility index (Phi) is 4.52. The first-order chi connectivity index (χ1) is 13.1. The number of halogens is 1. The number of carbonyl (C=O) groups is 1. The highest BCUT2D eigenvalue weighted by Crippen LogP contribution is 2.34. The molecular formula is C19H15ClN4O3. The van der Waals surface area contributed by atoms with E-state index in [0.717, 1.165) is 11.3 Å². The molecule has 2 aromatic carbocycles. The highest BCUT2D eigenvalue weighted by molar-refractivity contribution is 6.31. The number of fused-ring (bicyclic) bond motifs is 1. The van der Waals surface area contributed by atoms with Gasteiger partial charge in [-0.05, 0) is 42.8 Å². The number of amides is 1. The molecule has 0 atom stereocenters. The van der Waals surface area contributed by atoms with E-state index < -0.39 is 0 Å². The van der Waals surface area contributed by atoms with Crippen molar-refractivity contribution in [3.63, 3.8) is 0 Å². The third-order valence-electron chi connectivity index (χ3n) is 3.95. The van der Waals surface area contributed by atoms with Crippen LogP contribution in [0.15, 0.2) is 48.7 Å². The van der Waals surface area contributed by atoms with Gasteiger partial charge in [-0.25, -0.2) is 9.97 Å². The molecule has 0 radical (unpaired) electrons. The molecule has 0 unspecified atom stereocenters. The van der Waals surface area contributed by atoms with Crippen LogP contribution in [0.3, 0.4) is 0 Å². The number of carbonyl (C=O) groups excluding carboxylic acids is 1. The molecule has 2 heterocycles. The molecule has 0 fully saturated rings. The lowest BCUT2D eigenvalue weighted by atomic mass is 10.2. The first kappa shape index (κ1) is 17.1. The first-order valence-corrected chi connectivity index (χ1v) is 8.53. The zero-order valence-corrected chi connectivity index (χ0v) is 15.1. The normalized spacial score (nSPS) is 11.9. The van der Waals surface area contributed by atoms with Gasteiger partial charge in [-0.15, -0.1) is 0 Å². The smallest absolute Gasteiger partial charge is 0.274 e. The van der Waals surface area contributed by atoms with Crippen LogP contribution in [-0.2, 0) is 0 Å². The molecule has 0 saturated heterocycles. The lowest BCUT2D eigenvalue weighted by Gasteiger charge is -2.09. The van der Waals surface area contributed by atoms with Crippen LogP contribution in [0.25, 0.3) is 0 Å². The number of ether oxygens (including phenoxy) is 2. The third-order valence-corrected chi connectivity index (χ3v) is 4.35. The van der Waals surface area contributed by atoms with Crippen molar-refractivity contribution in [2.45, 2.75) is 6.92 Å². The Bertz CT molecular complexity index is 1030. The predicted octanol–water partition coefficient (Wildman–Crippen LogP) is 4.16. The number of anilines is 3. The molecule has 27 heavy (non-hydrogen) atoms. The van der Waals surface area contributed by atoms with Gasteiger partial charge in [-0.2, -0.15) is 0 Å². The summed E-state index contributed by atoms with van der Waals surface area (Å²) in [5.74, 6) is 1.18. The Morgan fingerprint density at radius 1 is 1.07 bits per heavy atom. The minimum absolute atomic E-state index is 0.177. The monoisotopic (exact) mass is 382 g/mol. The van der Waals surface area contributed by atoms with Crippen LogP contribution < -0.4 is 20.1 Å². The van der Waals surface area contributed by atoms with E-state index in [1.54, 1.807) is 24.3 Å². The van der Waals surface area contributed by atoms with Crippen molar-refractivity contribution in [1.29, 1.82) is 0 Å². The number of nitrogens with one attached hydrogen (secondary N) is 2. The van der Waals surface area contributed by atoms with Crippen LogP contribution in [0.2, 0.25) is 5.02 Å². The van der Waals surface area contributed by atoms with Crippen LogP contribution in [0.5, 0.6) is 11.5 Å². The van der Waals surface area contributed by atoms with Gasteiger partial charge in [0.25, 0.3) is 5.91 Å². The number of hydrogen-bond donors (Lipinski definition) is 2. The molecule has 0 saturated carbocycles. The van der Waals surface area contributed by atoms with Crippen LogP contribution in [-0.4, -0.2) is 22.7 Å². The molecular weight excluding hydrogens is 368 g/mol. The number of aromatic nitrogens is 2. The molecule has 1 aliphatic heterocycles. The Morgan fingerprint density at radius 3 is 2.74 bits per heavy atom. The zero-order valence-electron chi connectivity index (χ0n) is 14.3. The molecule has 8 heteroatoms. The summed E-state index contributed by atoms with van der Waals surface area (Å²) in [6.07, 6.45) is 1.51. The number of rotatable bonds is 4. The number of nitrogens with zero attached hydrogens (tertiary/aromatic N) is 2. The van der Waals surface area contributed by atoms with Crippen LogP contribution in [0.1, 0.15) is 16.1 Å². The van der Waals surface area contributed by atoms with Gasteiger partial charge in [0, 0.05) is 28.7 Å². The van der Waals surface area contributed by atoms with E-state index in [2.05, 4.69) is 20.6 Å². The summed E-state index contributed by atoms with van der Waals surface area (Å²) in [6, 6.07) is 12.3. The van der Waals surface area contributed by atoms with E-state index in [4.69, 9.17) is 21.1 Å². The van der Waals surface area contributed by atoms with Crippen LogP contribution in [0.4, 0.5) is 17.3 Å². The molecule has 3 aromatic rings. The fourth-order valence-corrected chi connectivity index (χ4v) is 2.70. The van der Waals surface area contributed by atoms with Gasteiger partial charge in [-0.3, -0.25) is 4.79 Å². The van der Waals surface area contributed by atoms with Gasteiger partial charge in [0.15, 0.2) is 11.5 Å². The van der Waals surface area contributed by atoms with Gasteiger partial charge in [0.05, 0.1) is 0 Å².